The molecule has 0 radical (unpaired) electrons. The fourth-order valence-corrected chi connectivity index (χ4v) is 0.969. The van der Waals surface area contributed by atoms with Gasteiger partial charge in [0.1, 0.15) is 6.29 Å². The van der Waals surface area contributed by atoms with Crippen molar-refractivity contribution in [2.75, 3.05) is 19.4 Å². The summed E-state index contributed by atoms with van der Waals surface area (Å²) < 4.78 is 0. The van der Waals surface area contributed by atoms with E-state index in [1.54, 1.807) is 0 Å². The first kappa shape index (κ1) is 17.7. The van der Waals surface area contributed by atoms with Gasteiger partial charge in [0.15, 0.2) is 0 Å². The highest BCUT2D eigenvalue weighted by Gasteiger charge is 1.90. The predicted octanol–water partition coefficient (Wildman–Crippen LogP) is 3.43. The Kier molecular flexibility index (Phi) is 15.9. The summed E-state index contributed by atoms with van der Waals surface area (Å²) in [6.45, 7) is 5.21. The van der Waals surface area contributed by atoms with Crippen molar-refractivity contribution < 1.29 is 4.79 Å². The highest BCUT2D eigenvalue weighted by Crippen LogP contribution is 2.02. The Morgan fingerprint density at radius 3 is 2.12 bits per heavy atom. The number of benzene rings is 1. The van der Waals surface area contributed by atoms with E-state index in [-0.39, 0.29) is 0 Å². The highest BCUT2D eigenvalue weighted by molar-refractivity contribution is 9.08. The van der Waals surface area contributed by atoms with E-state index in [9.17, 15) is 4.79 Å². The molecular formula is C13H22BrNO. The van der Waals surface area contributed by atoms with Crippen molar-refractivity contribution in [1.29, 1.82) is 0 Å². The summed E-state index contributed by atoms with van der Waals surface area (Å²) in [5.41, 5.74) is 1.81. The van der Waals surface area contributed by atoms with Gasteiger partial charge in [0.05, 0.1) is 0 Å². The molecule has 2 nitrogen and oxygen atoms in total. The molecule has 1 aromatic carbocycles. The molecule has 0 saturated carbocycles. The highest BCUT2D eigenvalue weighted by atomic mass is 79.9. The zero-order valence-corrected chi connectivity index (χ0v) is 12.2. The number of carbonyl (C=O) groups excluding carboxylic acids is 1. The van der Waals surface area contributed by atoms with E-state index >= 15 is 0 Å². The van der Waals surface area contributed by atoms with Crippen molar-refractivity contribution in [2.45, 2.75) is 20.3 Å². The largest absolute Gasteiger partial charge is 0.320 e. The van der Waals surface area contributed by atoms with Crippen LogP contribution in [-0.2, 0) is 0 Å². The molecule has 0 spiro atoms. The van der Waals surface area contributed by atoms with Crippen LogP contribution in [0.5, 0.6) is 0 Å². The van der Waals surface area contributed by atoms with Crippen molar-refractivity contribution in [3.63, 3.8) is 0 Å². The maximum absolute atomic E-state index is 10.2. The normalized spacial score (nSPS) is 8.06. The Labute approximate surface area is 108 Å². The number of aryl methyl sites for hydroxylation is 1. The molecule has 1 aromatic rings. The molecule has 0 bridgehead atoms. The third kappa shape index (κ3) is 9.87. The maximum Gasteiger partial charge on any atom is 0.150 e. The molecular weight excluding hydrogens is 266 g/mol. The molecule has 0 saturated heterocycles. The lowest BCUT2D eigenvalue weighted by Crippen LogP contribution is -2.04. The lowest BCUT2D eigenvalue weighted by molar-refractivity contribution is 0.112. The topological polar surface area (TPSA) is 29.1 Å². The summed E-state index contributed by atoms with van der Waals surface area (Å²) in [4.78, 5) is 10.2. The number of hydrogen-bond acceptors (Lipinski definition) is 2. The van der Waals surface area contributed by atoms with Crippen molar-refractivity contribution in [1.82, 2.24) is 5.32 Å². The first-order valence-corrected chi connectivity index (χ1v) is 6.88. The van der Waals surface area contributed by atoms with Crippen LogP contribution in [-0.4, -0.2) is 25.7 Å². The molecule has 1 rings (SSSR count). The minimum atomic E-state index is 0.775. The molecule has 3 heteroatoms. The van der Waals surface area contributed by atoms with E-state index < -0.39 is 0 Å². The molecule has 0 aliphatic heterocycles. The summed E-state index contributed by atoms with van der Waals surface area (Å²) in [6.07, 6.45) is 2.10. The third-order valence-corrected chi connectivity index (χ3v) is 1.82. The van der Waals surface area contributed by atoms with Gasteiger partial charge in [-0.1, -0.05) is 47.1 Å². The quantitative estimate of drug-likeness (QED) is 0.682. The van der Waals surface area contributed by atoms with Crippen LogP contribution in [0.4, 0.5) is 0 Å². The number of aldehydes is 1. The van der Waals surface area contributed by atoms with Crippen LogP contribution in [0.1, 0.15) is 29.3 Å². The standard InChI is InChI=1S/C8H8O.C4H11N.CH3Br/c1-7-4-2-3-5-8(7)6-9;1-3-4-5-2;1-2/h2-6H,1H3;5H,3-4H2,1-2H3;1H3. The second-order valence-electron chi connectivity index (χ2n) is 3.08. The molecule has 0 atom stereocenters. The lowest BCUT2D eigenvalue weighted by atomic mass is 10.1. The molecule has 0 fully saturated rings. The van der Waals surface area contributed by atoms with E-state index in [2.05, 4.69) is 28.2 Å². The van der Waals surface area contributed by atoms with E-state index in [0.29, 0.717) is 0 Å². The van der Waals surface area contributed by atoms with Gasteiger partial charge in [0, 0.05) is 5.56 Å². The van der Waals surface area contributed by atoms with Crippen LogP contribution in [0.3, 0.4) is 0 Å². The minimum absolute atomic E-state index is 0.775. The molecule has 0 amide bonds. The van der Waals surface area contributed by atoms with Crippen molar-refractivity contribution in [2.24, 2.45) is 0 Å². The number of nitrogens with one attached hydrogen (secondary N) is 1. The molecule has 0 aliphatic carbocycles. The van der Waals surface area contributed by atoms with Crippen LogP contribution < -0.4 is 5.32 Å². The van der Waals surface area contributed by atoms with Gasteiger partial charge in [-0.15, -0.1) is 0 Å². The Hall–Kier alpha value is -0.670. The Morgan fingerprint density at radius 1 is 1.31 bits per heavy atom. The van der Waals surface area contributed by atoms with Gasteiger partial charge in [0.25, 0.3) is 0 Å². The average molecular weight is 288 g/mol. The molecule has 0 aliphatic rings. The van der Waals surface area contributed by atoms with Gasteiger partial charge in [-0.25, -0.2) is 0 Å². The van der Waals surface area contributed by atoms with Crippen LogP contribution in [0.25, 0.3) is 0 Å². The smallest absolute Gasteiger partial charge is 0.150 e. The third-order valence-electron chi connectivity index (χ3n) is 1.82. The van der Waals surface area contributed by atoms with Crippen LogP contribution in [0, 0.1) is 6.92 Å². The Balaban J connectivity index is 0. The fraction of sp³-hybridized carbons (Fsp3) is 0.462. The number of hydrogen-bond donors (Lipinski definition) is 1. The Bertz CT molecular complexity index is 262. The summed E-state index contributed by atoms with van der Waals surface area (Å²) in [5, 5.41) is 3.02. The molecule has 92 valence electrons. The van der Waals surface area contributed by atoms with Gasteiger partial charge in [-0.2, -0.15) is 0 Å². The van der Waals surface area contributed by atoms with Gasteiger partial charge in [0.2, 0.25) is 0 Å². The van der Waals surface area contributed by atoms with Crippen molar-refractivity contribution in [3.05, 3.63) is 35.4 Å². The van der Waals surface area contributed by atoms with E-state index in [1.807, 2.05) is 44.1 Å². The molecule has 1 N–H and O–H groups in total. The zero-order chi connectivity index (χ0) is 12.8. The van der Waals surface area contributed by atoms with Gasteiger partial charge in [-0.3, -0.25) is 4.79 Å². The van der Waals surface area contributed by atoms with Crippen LogP contribution >= 0.6 is 15.9 Å². The predicted molar refractivity (Wildman–Crippen MR) is 75.6 cm³/mol. The fourth-order valence-electron chi connectivity index (χ4n) is 0.969. The first-order chi connectivity index (χ1) is 7.76. The summed E-state index contributed by atoms with van der Waals surface area (Å²) in [7, 11) is 1.96. The summed E-state index contributed by atoms with van der Waals surface area (Å²) in [6, 6.07) is 7.51. The number of rotatable bonds is 3. The van der Waals surface area contributed by atoms with Gasteiger partial charge >= 0.3 is 0 Å². The lowest BCUT2D eigenvalue weighted by Gasteiger charge is -1.92. The van der Waals surface area contributed by atoms with Crippen molar-refractivity contribution in [3.8, 4) is 0 Å². The van der Waals surface area contributed by atoms with Crippen LogP contribution in [0.15, 0.2) is 24.3 Å². The number of alkyl halides is 1. The van der Waals surface area contributed by atoms with E-state index in [1.165, 1.54) is 6.42 Å². The molecule has 16 heavy (non-hydrogen) atoms. The molecule has 0 heterocycles. The van der Waals surface area contributed by atoms with Gasteiger partial charge < -0.3 is 5.32 Å². The Morgan fingerprint density at radius 2 is 1.88 bits per heavy atom. The average Bonchev–Trinajstić information content (AvgIpc) is 2.34. The SMILES string of the molecule is CBr.CCCNC.Cc1ccccc1C=O. The number of carbonyl (C=O) groups is 1. The van der Waals surface area contributed by atoms with Crippen molar-refractivity contribution >= 4 is 22.2 Å². The van der Waals surface area contributed by atoms with Crippen LogP contribution in [0.2, 0.25) is 0 Å². The van der Waals surface area contributed by atoms with Gasteiger partial charge in [-0.05, 0) is 38.3 Å². The monoisotopic (exact) mass is 287 g/mol. The molecule has 0 aromatic heterocycles. The second-order valence-corrected chi connectivity index (χ2v) is 3.08. The summed E-state index contributed by atoms with van der Waals surface area (Å²) in [5.74, 6) is 1.81. The number of halogens is 1. The second kappa shape index (κ2) is 14.3. The minimum Gasteiger partial charge on any atom is -0.320 e. The maximum atomic E-state index is 10.2. The van der Waals surface area contributed by atoms with E-state index in [0.717, 1.165) is 24.0 Å². The van der Waals surface area contributed by atoms with E-state index in [4.69, 9.17) is 0 Å². The summed E-state index contributed by atoms with van der Waals surface area (Å²) >= 11 is 2.94. The first-order valence-electron chi connectivity index (χ1n) is 5.29. The molecule has 0 unspecified atom stereocenters. The zero-order valence-electron chi connectivity index (χ0n) is 10.6.